The molecule has 0 unspecified atom stereocenters. The van der Waals surface area contributed by atoms with Crippen molar-refractivity contribution in [2.75, 3.05) is 13.1 Å². The number of hydrogen-bond acceptors (Lipinski definition) is 3. The van der Waals surface area contributed by atoms with Crippen LogP contribution in [0.3, 0.4) is 0 Å². The molecule has 2 saturated heterocycles. The zero-order chi connectivity index (χ0) is 13.6. The summed E-state index contributed by atoms with van der Waals surface area (Å²) in [5, 5.41) is 9.31. The summed E-state index contributed by atoms with van der Waals surface area (Å²) >= 11 is 0. The van der Waals surface area contributed by atoms with Crippen LogP contribution in [0, 0.1) is 17.8 Å². The van der Waals surface area contributed by atoms with Crippen molar-refractivity contribution in [3.05, 3.63) is 12.2 Å². The van der Waals surface area contributed by atoms with Crippen LogP contribution >= 0.6 is 0 Å². The first-order valence-electron chi connectivity index (χ1n) is 6.93. The van der Waals surface area contributed by atoms with Gasteiger partial charge in [-0.05, 0) is 18.8 Å². The lowest BCUT2D eigenvalue weighted by atomic mass is 9.81. The molecule has 0 aromatic rings. The Morgan fingerprint density at radius 1 is 1.16 bits per heavy atom. The summed E-state index contributed by atoms with van der Waals surface area (Å²) in [5.74, 6) is -1.59. The van der Waals surface area contributed by atoms with Crippen molar-refractivity contribution in [1.82, 2.24) is 4.90 Å². The first-order valence-corrected chi connectivity index (χ1v) is 6.93. The molecule has 3 rings (SSSR count). The van der Waals surface area contributed by atoms with Crippen molar-refractivity contribution >= 4 is 11.9 Å². The monoisotopic (exact) mass is 265 g/mol. The van der Waals surface area contributed by atoms with Gasteiger partial charge >= 0.3 is 5.97 Å². The van der Waals surface area contributed by atoms with Gasteiger partial charge in [0.05, 0.1) is 18.1 Å². The van der Waals surface area contributed by atoms with Crippen LogP contribution in [-0.4, -0.2) is 47.2 Å². The molecule has 1 amide bonds. The second-order valence-corrected chi connectivity index (χ2v) is 5.85. The number of aliphatic carboxylic acids is 1. The average molecular weight is 265 g/mol. The normalized spacial score (nSPS) is 37.8. The van der Waals surface area contributed by atoms with E-state index in [0.717, 1.165) is 25.9 Å². The molecule has 2 bridgehead atoms. The number of carbonyl (C=O) groups excluding carboxylic acids is 1. The van der Waals surface area contributed by atoms with E-state index in [1.54, 1.807) is 6.08 Å². The summed E-state index contributed by atoms with van der Waals surface area (Å²) < 4.78 is 5.55. The lowest BCUT2D eigenvalue weighted by Crippen LogP contribution is -2.47. The van der Waals surface area contributed by atoms with Crippen LogP contribution in [0.5, 0.6) is 0 Å². The quantitative estimate of drug-likeness (QED) is 0.753. The Hall–Kier alpha value is -1.36. The van der Waals surface area contributed by atoms with Crippen molar-refractivity contribution < 1.29 is 19.4 Å². The van der Waals surface area contributed by atoms with Crippen molar-refractivity contribution in [2.45, 2.75) is 32.0 Å². The van der Waals surface area contributed by atoms with E-state index in [1.807, 2.05) is 11.0 Å². The fourth-order valence-corrected chi connectivity index (χ4v) is 3.34. The molecule has 104 valence electrons. The summed E-state index contributed by atoms with van der Waals surface area (Å²) in [6.45, 7) is 3.67. The molecule has 0 aliphatic carbocycles. The number of fused-ring (bicyclic) bond motifs is 2. The van der Waals surface area contributed by atoms with Gasteiger partial charge in [0, 0.05) is 13.1 Å². The molecular formula is C14H19NO4. The molecule has 19 heavy (non-hydrogen) atoms. The van der Waals surface area contributed by atoms with E-state index in [0.29, 0.717) is 5.92 Å². The molecule has 5 nitrogen and oxygen atoms in total. The lowest BCUT2D eigenvalue weighted by molar-refractivity contribution is -0.150. The first kappa shape index (κ1) is 12.7. The standard InChI is InChI=1S/C14H19NO4/c1-8-4-6-15(7-5-8)13(16)11-9-2-3-10(19-9)12(11)14(17)18/h2-3,8-12H,4-7H2,1H3,(H,17,18)/t9-,10+,11-,12+/m1/s1. The van der Waals surface area contributed by atoms with E-state index in [1.165, 1.54) is 0 Å². The molecule has 5 heteroatoms. The molecule has 3 aliphatic rings. The highest BCUT2D eigenvalue weighted by Gasteiger charge is 2.54. The van der Waals surface area contributed by atoms with Crippen LogP contribution in [0.1, 0.15) is 19.8 Å². The molecule has 0 spiro atoms. The van der Waals surface area contributed by atoms with Crippen molar-refractivity contribution in [1.29, 1.82) is 0 Å². The molecule has 0 saturated carbocycles. The Morgan fingerprint density at radius 3 is 2.32 bits per heavy atom. The minimum absolute atomic E-state index is 0.0452. The van der Waals surface area contributed by atoms with Gasteiger partial charge in [0.15, 0.2) is 0 Å². The van der Waals surface area contributed by atoms with Gasteiger partial charge in [0.25, 0.3) is 0 Å². The number of piperidine rings is 1. The fraction of sp³-hybridized carbons (Fsp3) is 0.714. The van der Waals surface area contributed by atoms with Gasteiger partial charge in [-0.25, -0.2) is 0 Å². The van der Waals surface area contributed by atoms with E-state index < -0.39 is 23.9 Å². The van der Waals surface area contributed by atoms with Crippen LogP contribution < -0.4 is 0 Å². The number of amides is 1. The zero-order valence-electron chi connectivity index (χ0n) is 11.0. The Bertz CT molecular complexity index is 425. The highest BCUT2D eigenvalue weighted by molar-refractivity contribution is 5.87. The molecule has 0 radical (unpaired) electrons. The van der Waals surface area contributed by atoms with E-state index in [9.17, 15) is 14.7 Å². The Balaban J connectivity index is 1.75. The molecule has 0 aromatic heterocycles. The molecule has 3 heterocycles. The maximum Gasteiger partial charge on any atom is 0.310 e. The molecule has 4 atom stereocenters. The van der Waals surface area contributed by atoms with Gasteiger partial charge in [0.1, 0.15) is 5.92 Å². The topological polar surface area (TPSA) is 66.8 Å². The van der Waals surface area contributed by atoms with E-state index >= 15 is 0 Å². The number of nitrogens with zero attached hydrogens (tertiary/aromatic N) is 1. The summed E-state index contributed by atoms with van der Waals surface area (Å²) in [6, 6.07) is 0. The Labute approximate surface area is 112 Å². The first-order chi connectivity index (χ1) is 9.08. The van der Waals surface area contributed by atoms with Crippen LogP contribution in [0.15, 0.2) is 12.2 Å². The van der Waals surface area contributed by atoms with Gasteiger partial charge < -0.3 is 14.7 Å². The average Bonchev–Trinajstić information content (AvgIpc) is 2.98. The smallest absolute Gasteiger partial charge is 0.310 e. The number of carboxylic acids is 1. The summed E-state index contributed by atoms with van der Waals surface area (Å²) in [4.78, 5) is 25.7. The number of carbonyl (C=O) groups is 2. The SMILES string of the molecule is CC1CCN(C(=O)[C@H]2[C@@H](C(=O)O)[C@@H]3C=C[C@H]2O3)CC1. The number of rotatable bonds is 2. The highest BCUT2D eigenvalue weighted by Crippen LogP contribution is 2.40. The van der Waals surface area contributed by atoms with Gasteiger partial charge in [0.2, 0.25) is 5.91 Å². The van der Waals surface area contributed by atoms with Crippen LogP contribution in [0.2, 0.25) is 0 Å². The van der Waals surface area contributed by atoms with E-state index in [2.05, 4.69) is 6.92 Å². The largest absolute Gasteiger partial charge is 0.481 e. The van der Waals surface area contributed by atoms with Crippen LogP contribution in [0.25, 0.3) is 0 Å². The van der Waals surface area contributed by atoms with Crippen molar-refractivity contribution in [3.8, 4) is 0 Å². The Morgan fingerprint density at radius 2 is 1.74 bits per heavy atom. The van der Waals surface area contributed by atoms with E-state index in [4.69, 9.17) is 4.74 Å². The van der Waals surface area contributed by atoms with Gasteiger partial charge in [-0.15, -0.1) is 0 Å². The number of hydrogen-bond donors (Lipinski definition) is 1. The van der Waals surface area contributed by atoms with E-state index in [-0.39, 0.29) is 12.0 Å². The fourth-order valence-electron chi connectivity index (χ4n) is 3.34. The predicted molar refractivity (Wildman–Crippen MR) is 67.4 cm³/mol. The van der Waals surface area contributed by atoms with Crippen LogP contribution in [0.4, 0.5) is 0 Å². The van der Waals surface area contributed by atoms with Gasteiger partial charge in [-0.3, -0.25) is 9.59 Å². The third-order valence-electron chi connectivity index (χ3n) is 4.57. The number of ether oxygens (including phenoxy) is 1. The second kappa shape index (κ2) is 4.63. The summed E-state index contributed by atoms with van der Waals surface area (Å²) in [5.41, 5.74) is 0. The lowest BCUT2D eigenvalue weighted by Gasteiger charge is -2.34. The zero-order valence-corrected chi connectivity index (χ0v) is 11.0. The van der Waals surface area contributed by atoms with Crippen molar-refractivity contribution in [3.63, 3.8) is 0 Å². The highest BCUT2D eigenvalue weighted by atomic mass is 16.5. The number of likely N-dealkylation sites (tertiary alicyclic amines) is 1. The molecular weight excluding hydrogens is 246 g/mol. The van der Waals surface area contributed by atoms with Gasteiger partial charge in [-0.1, -0.05) is 19.1 Å². The van der Waals surface area contributed by atoms with Crippen LogP contribution in [-0.2, 0) is 14.3 Å². The molecule has 1 N–H and O–H groups in total. The predicted octanol–water partition coefficient (Wildman–Crippen LogP) is 0.899. The maximum atomic E-state index is 12.6. The summed E-state index contributed by atoms with van der Waals surface area (Å²) in [7, 11) is 0. The maximum absolute atomic E-state index is 12.6. The Kier molecular flexibility index (Phi) is 3.09. The summed E-state index contributed by atoms with van der Waals surface area (Å²) in [6.07, 6.45) is 4.82. The third kappa shape index (κ3) is 2.06. The second-order valence-electron chi connectivity index (χ2n) is 5.85. The number of carboxylic acid groups (broad SMARTS) is 1. The minimum Gasteiger partial charge on any atom is -0.481 e. The minimum atomic E-state index is -0.930. The molecule has 0 aromatic carbocycles. The molecule has 2 fully saturated rings. The van der Waals surface area contributed by atoms with Gasteiger partial charge in [-0.2, -0.15) is 0 Å². The van der Waals surface area contributed by atoms with Crippen molar-refractivity contribution in [2.24, 2.45) is 17.8 Å². The molecule has 3 aliphatic heterocycles. The third-order valence-corrected chi connectivity index (χ3v) is 4.57.